The van der Waals surface area contributed by atoms with Gasteiger partial charge in [-0.1, -0.05) is 29.5 Å². The quantitative estimate of drug-likeness (QED) is 0.302. The third kappa shape index (κ3) is 4.47. The molecule has 0 bridgehead atoms. The number of thioether (sulfide) groups is 1. The van der Waals surface area contributed by atoms with Crippen LogP contribution < -0.4 is 10.3 Å². The summed E-state index contributed by atoms with van der Waals surface area (Å²) >= 11 is 4.47. The summed E-state index contributed by atoms with van der Waals surface area (Å²) in [5.41, 5.74) is 1.97. The Morgan fingerprint density at radius 3 is 2.75 bits per heavy atom. The van der Waals surface area contributed by atoms with Gasteiger partial charge in [0.2, 0.25) is 0 Å². The Balaban J connectivity index is 1.25. The Morgan fingerprint density at radius 2 is 1.97 bits per heavy atom. The van der Waals surface area contributed by atoms with Crippen molar-refractivity contribution in [3.8, 4) is 16.2 Å². The van der Waals surface area contributed by atoms with E-state index in [4.69, 9.17) is 9.15 Å². The number of H-pyrrole nitrogens is 1. The van der Waals surface area contributed by atoms with E-state index in [1.54, 1.807) is 11.3 Å². The number of aromatic nitrogens is 4. The predicted molar refractivity (Wildman–Crippen MR) is 128 cm³/mol. The van der Waals surface area contributed by atoms with Gasteiger partial charge in [-0.25, -0.2) is 4.98 Å². The van der Waals surface area contributed by atoms with Crippen LogP contribution in [0.2, 0.25) is 0 Å². The maximum atomic E-state index is 12.8. The second-order valence-electron chi connectivity index (χ2n) is 7.10. The van der Waals surface area contributed by atoms with Crippen LogP contribution in [0.3, 0.4) is 0 Å². The van der Waals surface area contributed by atoms with Gasteiger partial charge in [0.15, 0.2) is 6.61 Å². The molecule has 5 rings (SSSR count). The molecule has 0 saturated heterocycles. The number of hydrogen-bond donors (Lipinski definition) is 1. The average molecular weight is 483 g/mol. The molecule has 1 N–H and O–H groups in total. The summed E-state index contributed by atoms with van der Waals surface area (Å²) in [5.74, 6) is 2.11. The molecular weight excluding hydrogens is 464 g/mol. The lowest BCUT2D eigenvalue weighted by atomic mass is 10.2. The molecule has 0 aliphatic carbocycles. The Hall–Kier alpha value is -2.95. The van der Waals surface area contributed by atoms with Crippen molar-refractivity contribution in [2.45, 2.75) is 31.4 Å². The summed E-state index contributed by atoms with van der Waals surface area (Å²) in [4.78, 5) is 23.3. The van der Waals surface area contributed by atoms with E-state index in [9.17, 15) is 4.79 Å². The van der Waals surface area contributed by atoms with E-state index in [-0.39, 0.29) is 12.2 Å². The van der Waals surface area contributed by atoms with E-state index in [1.807, 2.05) is 42.6 Å². The first-order valence-electron chi connectivity index (χ1n) is 9.77. The highest BCUT2D eigenvalue weighted by molar-refractivity contribution is 7.98. The Kier molecular flexibility index (Phi) is 5.81. The second-order valence-corrected chi connectivity index (χ2v) is 10.2. The molecule has 32 heavy (non-hydrogen) atoms. The molecule has 0 aliphatic rings. The molecule has 1 aromatic carbocycles. The zero-order valence-corrected chi connectivity index (χ0v) is 19.7. The van der Waals surface area contributed by atoms with E-state index < -0.39 is 0 Å². The van der Waals surface area contributed by atoms with Crippen molar-refractivity contribution in [1.82, 2.24) is 20.2 Å². The van der Waals surface area contributed by atoms with Crippen LogP contribution in [0.25, 0.3) is 20.7 Å². The zero-order valence-electron chi connectivity index (χ0n) is 17.2. The number of fused-ring (bicyclic) bond motifs is 1. The lowest BCUT2D eigenvalue weighted by molar-refractivity contribution is 0.252. The normalized spacial score (nSPS) is 11.3. The largest absolute Gasteiger partial charge is 0.484 e. The van der Waals surface area contributed by atoms with Crippen molar-refractivity contribution in [2.75, 3.05) is 0 Å². The van der Waals surface area contributed by atoms with E-state index in [1.165, 1.54) is 33.5 Å². The highest BCUT2D eigenvalue weighted by Gasteiger charge is 2.15. The summed E-state index contributed by atoms with van der Waals surface area (Å²) in [6.07, 6.45) is 0. The van der Waals surface area contributed by atoms with Crippen molar-refractivity contribution in [1.29, 1.82) is 0 Å². The monoisotopic (exact) mass is 482 g/mol. The number of ether oxygens (including phenoxy) is 1. The molecule has 0 saturated carbocycles. The van der Waals surface area contributed by atoms with Crippen LogP contribution in [0.5, 0.6) is 5.75 Å². The summed E-state index contributed by atoms with van der Waals surface area (Å²) in [6, 6.07) is 11.9. The molecule has 4 heterocycles. The SMILES string of the molecule is Cc1ccc(OCc2nnc(SCc3nc4scc(-c5ccc(C)s5)c4c(=O)[nH]3)o2)cc1. The third-order valence-electron chi connectivity index (χ3n) is 4.66. The molecule has 0 unspecified atom stereocenters. The number of aryl methyl sites for hydroxylation is 2. The van der Waals surface area contributed by atoms with Gasteiger partial charge in [-0.2, -0.15) is 0 Å². The van der Waals surface area contributed by atoms with Gasteiger partial charge < -0.3 is 14.1 Å². The van der Waals surface area contributed by atoms with Crippen molar-refractivity contribution in [2.24, 2.45) is 0 Å². The van der Waals surface area contributed by atoms with Crippen LogP contribution >= 0.6 is 34.4 Å². The number of aromatic amines is 1. The third-order valence-corrected chi connectivity index (χ3v) is 7.40. The van der Waals surface area contributed by atoms with Gasteiger partial charge in [0.05, 0.1) is 11.1 Å². The minimum atomic E-state index is -0.134. The number of benzene rings is 1. The van der Waals surface area contributed by atoms with Crippen molar-refractivity contribution >= 4 is 44.7 Å². The van der Waals surface area contributed by atoms with Crippen LogP contribution in [-0.2, 0) is 12.4 Å². The van der Waals surface area contributed by atoms with Crippen LogP contribution in [0.15, 0.2) is 56.2 Å². The summed E-state index contributed by atoms with van der Waals surface area (Å²) < 4.78 is 11.3. The fraction of sp³-hybridized carbons (Fsp3) is 0.182. The lowest BCUT2D eigenvalue weighted by Crippen LogP contribution is -2.10. The molecule has 0 fully saturated rings. The average Bonchev–Trinajstić information content (AvgIpc) is 3.51. The summed E-state index contributed by atoms with van der Waals surface area (Å²) in [7, 11) is 0. The molecule has 0 radical (unpaired) electrons. The first-order valence-corrected chi connectivity index (χ1v) is 12.5. The molecule has 162 valence electrons. The number of thiophene rings is 2. The first kappa shape index (κ1) is 20.9. The Bertz CT molecular complexity index is 1430. The highest BCUT2D eigenvalue weighted by atomic mass is 32.2. The lowest BCUT2D eigenvalue weighted by Gasteiger charge is -2.03. The van der Waals surface area contributed by atoms with Gasteiger partial charge in [0, 0.05) is 20.7 Å². The zero-order chi connectivity index (χ0) is 22.1. The second kappa shape index (κ2) is 8.89. The molecule has 0 spiro atoms. The molecule has 4 aromatic heterocycles. The van der Waals surface area contributed by atoms with Gasteiger partial charge in [0.1, 0.15) is 16.4 Å². The Labute approximate surface area is 195 Å². The maximum absolute atomic E-state index is 12.8. The molecule has 10 heteroatoms. The first-order chi connectivity index (χ1) is 15.5. The minimum Gasteiger partial charge on any atom is -0.484 e. The van der Waals surface area contributed by atoms with Crippen molar-refractivity contribution in [3.05, 3.63) is 74.3 Å². The number of rotatable bonds is 7. The van der Waals surface area contributed by atoms with Crippen LogP contribution in [0.1, 0.15) is 22.2 Å². The van der Waals surface area contributed by atoms with Crippen LogP contribution in [-0.4, -0.2) is 20.2 Å². The highest BCUT2D eigenvalue weighted by Crippen LogP contribution is 2.35. The number of nitrogens with one attached hydrogen (secondary N) is 1. The van der Waals surface area contributed by atoms with Crippen LogP contribution in [0.4, 0.5) is 0 Å². The maximum Gasteiger partial charge on any atom is 0.277 e. The standard InChI is InChI=1S/C22H18N4O3S3/c1-12-3-6-14(7-4-12)28-9-18-25-26-22(29-18)31-11-17-23-20(27)19-15(10-30-21(19)24-17)16-8-5-13(2)32-16/h3-8,10H,9,11H2,1-2H3,(H,23,24,27). The van der Waals surface area contributed by atoms with Gasteiger partial charge in [-0.3, -0.25) is 4.79 Å². The van der Waals surface area contributed by atoms with Gasteiger partial charge in [-0.05, 0) is 38.1 Å². The van der Waals surface area contributed by atoms with Gasteiger partial charge >= 0.3 is 0 Å². The molecule has 0 atom stereocenters. The minimum absolute atomic E-state index is 0.134. The predicted octanol–water partition coefficient (Wildman–Crippen LogP) is 5.58. The topological polar surface area (TPSA) is 93.9 Å². The van der Waals surface area contributed by atoms with E-state index in [2.05, 4.69) is 33.2 Å². The summed E-state index contributed by atoms with van der Waals surface area (Å²) in [6.45, 7) is 4.27. The van der Waals surface area contributed by atoms with Crippen LogP contribution in [0, 0.1) is 13.8 Å². The molecule has 5 aromatic rings. The van der Waals surface area contributed by atoms with E-state index in [0.717, 1.165) is 21.0 Å². The van der Waals surface area contributed by atoms with Gasteiger partial charge in [0.25, 0.3) is 16.7 Å². The van der Waals surface area contributed by atoms with Crippen molar-refractivity contribution < 1.29 is 9.15 Å². The Morgan fingerprint density at radius 1 is 1.12 bits per heavy atom. The number of hydrogen-bond acceptors (Lipinski definition) is 9. The molecule has 0 amide bonds. The van der Waals surface area contributed by atoms with E-state index >= 15 is 0 Å². The molecule has 0 aliphatic heterocycles. The van der Waals surface area contributed by atoms with E-state index in [0.29, 0.717) is 28.1 Å². The fourth-order valence-electron chi connectivity index (χ4n) is 3.09. The molecular formula is C22H18N4O3S3. The fourth-order valence-corrected chi connectivity index (χ4v) is 5.66. The molecule has 7 nitrogen and oxygen atoms in total. The number of nitrogens with zero attached hydrogens (tertiary/aromatic N) is 3. The van der Waals surface area contributed by atoms with Gasteiger partial charge in [-0.15, -0.1) is 32.9 Å². The summed E-state index contributed by atoms with van der Waals surface area (Å²) in [5, 5.41) is 11.1. The smallest absolute Gasteiger partial charge is 0.277 e. The van der Waals surface area contributed by atoms with Crippen molar-refractivity contribution in [3.63, 3.8) is 0 Å².